The molecule has 1 unspecified atom stereocenters. The fourth-order valence-electron chi connectivity index (χ4n) is 3.03. The molecule has 3 aromatic rings. The van der Waals surface area contributed by atoms with Gasteiger partial charge in [0.2, 0.25) is 11.0 Å². The minimum absolute atomic E-state index is 0.0790. The van der Waals surface area contributed by atoms with E-state index in [1.54, 1.807) is 17.7 Å². The monoisotopic (exact) mass is 405 g/mol. The van der Waals surface area contributed by atoms with E-state index in [0.29, 0.717) is 5.13 Å². The Morgan fingerprint density at radius 2 is 2.12 bits per heavy atom. The molecule has 3 heterocycles. The van der Waals surface area contributed by atoms with E-state index >= 15 is 0 Å². The fraction of sp³-hybridized carbons (Fsp3) is 0.471. The fourth-order valence-corrected chi connectivity index (χ4v) is 5.95. The summed E-state index contributed by atoms with van der Waals surface area (Å²) in [6, 6.07) is 0. The van der Waals surface area contributed by atoms with Crippen LogP contribution in [0.3, 0.4) is 0 Å². The first-order valence-electron chi connectivity index (χ1n) is 8.71. The normalized spacial score (nSPS) is 15.0. The predicted octanol–water partition coefficient (Wildman–Crippen LogP) is 4.10. The van der Waals surface area contributed by atoms with Crippen molar-refractivity contribution < 1.29 is 4.79 Å². The van der Waals surface area contributed by atoms with E-state index in [0.717, 1.165) is 39.5 Å². The van der Waals surface area contributed by atoms with Gasteiger partial charge in [-0.3, -0.25) is 10.1 Å². The molecule has 1 amide bonds. The van der Waals surface area contributed by atoms with Gasteiger partial charge < -0.3 is 0 Å². The first-order valence-corrected chi connectivity index (χ1v) is 11.2. The van der Waals surface area contributed by atoms with E-state index < -0.39 is 0 Å². The highest BCUT2D eigenvalue weighted by molar-refractivity contribution is 8.00. The van der Waals surface area contributed by atoms with Crippen LogP contribution in [0.25, 0.3) is 10.2 Å². The summed E-state index contributed by atoms with van der Waals surface area (Å²) in [7, 11) is 0. The molecular weight excluding hydrogens is 386 g/mol. The van der Waals surface area contributed by atoms with Crippen LogP contribution in [0.2, 0.25) is 0 Å². The molecule has 3 aromatic heterocycles. The van der Waals surface area contributed by atoms with Gasteiger partial charge >= 0.3 is 0 Å². The lowest BCUT2D eigenvalue weighted by atomic mass is 9.97. The zero-order chi connectivity index (χ0) is 18.1. The molecule has 0 bridgehead atoms. The van der Waals surface area contributed by atoms with Crippen LogP contribution in [0.15, 0.2) is 11.4 Å². The Morgan fingerprint density at radius 1 is 1.27 bits per heavy atom. The van der Waals surface area contributed by atoms with Gasteiger partial charge in [0.15, 0.2) is 0 Å². The smallest absolute Gasteiger partial charge is 0.239 e. The van der Waals surface area contributed by atoms with E-state index in [4.69, 9.17) is 0 Å². The number of hydrogen-bond donors (Lipinski definition) is 1. The van der Waals surface area contributed by atoms with Crippen molar-refractivity contribution in [3.63, 3.8) is 0 Å². The van der Waals surface area contributed by atoms with Gasteiger partial charge in [-0.15, -0.1) is 21.5 Å². The Balaban J connectivity index is 1.54. The standard InChI is InChI=1S/C17H19N5OS3/c1-3-12-21-22-17(26-12)20-14(23)9(2)24-15-13-10-6-4-5-7-11(10)25-16(13)19-8-18-15/h8-9H,3-7H2,1-2H3,(H,20,22,23). The maximum Gasteiger partial charge on any atom is 0.239 e. The van der Waals surface area contributed by atoms with Crippen molar-refractivity contribution in [3.05, 3.63) is 21.8 Å². The van der Waals surface area contributed by atoms with E-state index in [9.17, 15) is 4.79 Å². The lowest BCUT2D eigenvalue weighted by Crippen LogP contribution is -2.22. The van der Waals surface area contributed by atoms with Crippen molar-refractivity contribution in [1.82, 2.24) is 20.2 Å². The molecule has 6 nitrogen and oxygen atoms in total. The molecule has 0 spiro atoms. The van der Waals surface area contributed by atoms with Crippen LogP contribution in [0.5, 0.6) is 0 Å². The number of fused-ring (bicyclic) bond motifs is 3. The van der Waals surface area contributed by atoms with Crippen LogP contribution in [-0.2, 0) is 24.1 Å². The molecule has 0 saturated heterocycles. The first kappa shape index (κ1) is 17.8. The van der Waals surface area contributed by atoms with Gasteiger partial charge in [0.25, 0.3) is 0 Å². The molecule has 1 atom stereocenters. The number of rotatable bonds is 5. The minimum atomic E-state index is -0.277. The third-order valence-electron chi connectivity index (χ3n) is 4.37. The molecule has 26 heavy (non-hydrogen) atoms. The van der Waals surface area contributed by atoms with Crippen molar-refractivity contribution in [3.8, 4) is 0 Å². The summed E-state index contributed by atoms with van der Waals surface area (Å²) in [6.45, 7) is 3.92. The second-order valence-electron chi connectivity index (χ2n) is 6.17. The van der Waals surface area contributed by atoms with Crippen LogP contribution in [0.1, 0.15) is 42.1 Å². The summed E-state index contributed by atoms with van der Waals surface area (Å²) < 4.78 is 0. The molecule has 1 aliphatic carbocycles. The lowest BCUT2D eigenvalue weighted by Gasteiger charge is -2.13. The summed E-state index contributed by atoms with van der Waals surface area (Å²) in [5, 5.41) is 14.2. The number of amides is 1. The largest absolute Gasteiger partial charge is 0.300 e. The van der Waals surface area contributed by atoms with Crippen molar-refractivity contribution in [2.75, 3.05) is 5.32 Å². The maximum absolute atomic E-state index is 12.5. The Bertz CT molecular complexity index is 951. The predicted molar refractivity (Wildman–Crippen MR) is 107 cm³/mol. The highest BCUT2D eigenvalue weighted by Crippen LogP contribution is 2.40. The van der Waals surface area contributed by atoms with Gasteiger partial charge in [-0.25, -0.2) is 9.97 Å². The third kappa shape index (κ3) is 3.47. The van der Waals surface area contributed by atoms with Crippen molar-refractivity contribution >= 4 is 55.7 Å². The number of aromatic nitrogens is 4. The number of nitrogens with one attached hydrogen (secondary N) is 1. The number of nitrogens with zero attached hydrogens (tertiary/aromatic N) is 4. The Labute approximate surface area is 163 Å². The number of aryl methyl sites for hydroxylation is 3. The molecule has 0 fully saturated rings. The molecule has 0 aliphatic heterocycles. The summed E-state index contributed by atoms with van der Waals surface area (Å²) in [5.41, 5.74) is 1.39. The SMILES string of the molecule is CCc1nnc(NC(=O)C(C)Sc2ncnc3sc4c(c23)CCCC4)s1. The summed E-state index contributed by atoms with van der Waals surface area (Å²) >= 11 is 4.69. The summed E-state index contributed by atoms with van der Waals surface area (Å²) in [5.74, 6) is -0.0790. The van der Waals surface area contributed by atoms with E-state index in [-0.39, 0.29) is 11.2 Å². The average Bonchev–Trinajstić information content (AvgIpc) is 3.25. The number of anilines is 1. The van der Waals surface area contributed by atoms with Crippen molar-refractivity contribution in [2.24, 2.45) is 0 Å². The molecular formula is C17H19N5OS3. The van der Waals surface area contributed by atoms with Crippen LogP contribution in [0, 0.1) is 0 Å². The van der Waals surface area contributed by atoms with Crippen LogP contribution >= 0.6 is 34.4 Å². The maximum atomic E-state index is 12.5. The molecule has 0 radical (unpaired) electrons. The molecule has 4 rings (SSSR count). The molecule has 0 aromatic carbocycles. The van der Waals surface area contributed by atoms with Crippen molar-refractivity contribution in [2.45, 2.75) is 56.2 Å². The molecule has 9 heteroatoms. The summed E-state index contributed by atoms with van der Waals surface area (Å²) in [4.78, 5) is 24.0. The zero-order valence-corrected chi connectivity index (χ0v) is 17.1. The van der Waals surface area contributed by atoms with Gasteiger partial charge in [-0.2, -0.15) is 0 Å². The quantitative estimate of drug-likeness (QED) is 0.508. The Hall–Kier alpha value is -1.58. The number of carbonyl (C=O) groups excluding carboxylic acids is 1. The molecule has 1 aliphatic rings. The van der Waals surface area contributed by atoms with Gasteiger partial charge in [0.05, 0.1) is 5.25 Å². The van der Waals surface area contributed by atoms with Gasteiger partial charge in [-0.1, -0.05) is 30.0 Å². The topological polar surface area (TPSA) is 80.7 Å². The van der Waals surface area contributed by atoms with Crippen LogP contribution in [0.4, 0.5) is 5.13 Å². The number of hydrogen-bond acceptors (Lipinski definition) is 8. The van der Waals surface area contributed by atoms with E-state index in [2.05, 4.69) is 25.5 Å². The van der Waals surface area contributed by atoms with Gasteiger partial charge in [-0.05, 0) is 44.6 Å². The lowest BCUT2D eigenvalue weighted by molar-refractivity contribution is -0.115. The number of carbonyl (C=O) groups is 1. The minimum Gasteiger partial charge on any atom is -0.300 e. The first-order chi connectivity index (χ1) is 12.7. The molecule has 0 saturated carbocycles. The number of thiophene rings is 1. The average molecular weight is 406 g/mol. The van der Waals surface area contributed by atoms with E-state index in [1.807, 2.05) is 13.8 Å². The Morgan fingerprint density at radius 3 is 2.92 bits per heavy atom. The van der Waals surface area contributed by atoms with Gasteiger partial charge in [0, 0.05) is 10.3 Å². The summed E-state index contributed by atoms with van der Waals surface area (Å²) in [6.07, 6.45) is 7.10. The van der Waals surface area contributed by atoms with E-state index in [1.165, 1.54) is 46.4 Å². The third-order valence-corrected chi connectivity index (χ3v) is 7.66. The Kier molecular flexibility index (Phi) is 5.19. The second-order valence-corrected chi connectivity index (χ2v) is 9.65. The van der Waals surface area contributed by atoms with Crippen LogP contribution < -0.4 is 5.32 Å². The second kappa shape index (κ2) is 7.58. The molecule has 1 N–H and O–H groups in total. The zero-order valence-electron chi connectivity index (χ0n) is 14.6. The molecule has 136 valence electrons. The van der Waals surface area contributed by atoms with Gasteiger partial charge in [0.1, 0.15) is 21.2 Å². The highest BCUT2D eigenvalue weighted by Gasteiger charge is 2.23. The van der Waals surface area contributed by atoms with Crippen LogP contribution in [-0.4, -0.2) is 31.3 Å². The highest BCUT2D eigenvalue weighted by atomic mass is 32.2. The number of thioether (sulfide) groups is 1. The van der Waals surface area contributed by atoms with Crippen molar-refractivity contribution in [1.29, 1.82) is 0 Å².